The average molecular weight is 291 g/mol. The van der Waals surface area contributed by atoms with Gasteiger partial charge >= 0.3 is 0 Å². The van der Waals surface area contributed by atoms with Crippen molar-refractivity contribution in [1.82, 2.24) is 4.90 Å². The van der Waals surface area contributed by atoms with Crippen molar-refractivity contribution in [3.05, 3.63) is 23.8 Å². The summed E-state index contributed by atoms with van der Waals surface area (Å²) >= 11 is 0. The molecule has 1 aromatic rings. The van der Waals surface area contributed by atoms with E-state index < -0.39 is 0 Å². The molecule has 0 aromatic heterocycles. The van der Waals surface area contributed by atoms with Crippen molar-refractivity contribution in [2.45, 2.75) is 38.8 Å². The summed E-state index contributed by atoms with van der Waals surface area (Å²) in [5, 5.41) is 2.98. The molecule has 1 amide bonds. The molecule has 3 N–H and O–H groups in total. The predicted octanol–water partition coefficient (Wildman–Crippen LogP) is 2.02. The van der Waals surface area contributed by atoms with Crippen molar-refractivity contribution >= 4 is 17.3 Å². The number of ether oxygens (including phenoxy) is 1. The Morgan fingerprint density at radius 3 is 2.71 bits per heavy atom. The van der Waals surface area contributed by atoms with Gasteiger partial charge in [0.15, 0.2) is 0 Å². The number of nitrogens with one attached hydrogen (secondary N) is 1. The van der Waals surface area contributed by atoms with E-state index in [0.29, 0.717) is 11.8 Å². The minimum Gasteiger partial charge on any atom is -0.398 e. The van der Waals surface area contributed by atoms with Crippen molar-refractivity contribution in [3.8, 4) is 0 Å². The molecule has 2 rings (SSSR count). The first kappa shape index (κ1) is 15.8. The van der Waals surface area contributed by atoms with E-state index in [-0.39, 0.29) is 11.9 Å². The van der Waals surface area contributed by atoms with Gasteiger partial charge in [-0.25, -0.2) is 0 Å². The zero-order chi connectivity index (χ0) is 15.4. The van der Waals surface area contributed by atoms with E-state index in [2.05, 4.69) is 10.2 Å². The van der Waals surface area contributed by atoms with Crippen LogP contribution >= 0.6 is 0 Å². The minimum atomic E-state index is -0.149. The molecule has 0 aliphatic carbocycles. The lowest BCUT2D eigenvalue weighted by Crippen LogP contribution is -2.47. The van der Waals surface area contributed by atoms with Crippen LogP contribution < -0.4 is 11.1 Å². The van der Waals surface area contributed by atoms with Crippen LogP contribution in [0.2, 0.25) is 0 Å². The third-order valence-corrected chi connectivity index (χ3v) is 4.37. The lowest BCUT2D eigenvalue weighted by atomic mass is 10.1. The lowest BCUT2D eigenvalue weighted by Gasteiger charge is -2.34. The van der Waals surface area contributed by atoms with Gasteiger partial charge in [0.25, 0.3) is 0 Å². The number of carbonyl (C=O) groups excluding carboxylic acids is 1. The molecule has 1 aliphatic rings. The van der Waals surface area contributed by atoms with E-state index in [1.807, 2.05) is 32.0 Å². The van der Waals surface area contributed by atoms with E-state index in [9.17, 15) is 4.79 Å². The second kappa shape index (κ2) is 6.91. The summed E-state index contributed by atoms with van der Waals surface area (Å²) in [6.45, 7) is 5.65. The first-order chi connectivity index (χ1) is 10.0. The molecule has 0 radical (unpaired) electrons. The van der Waals surface area contributed by atoms with Crippen LogP contribution in [0.4, 0.5) is 11.4 Å². The Bertz CT molecular complexity index is 496. The largest absolute Gasteiger partial charge is 0.398 e. The third-order valence-electron chi connectivity index (χ3n) is 4.37. The Hall–Kier alpha value is -1.59. The highest BCUT2D eigenvalue weighted by atomic mass is 16.5. The molecule has 0 spiro atoms. The second-order valence-corrected chi connectivity index (χ2v) is 5.66. The number of methoxy groups -OCH3 is 1. The molecule has 5 heteroatoms. The topological polar surface area (TPSA) is 67.6 Å². The lowest BCUT2D eigenvalue weighted by molar-refractivity contribution is -0.121. The standard InChI is InChI=1S/C16H25N3O2/c1-11-14(17)5-4-6-15(11)18-16(20)12(2)19-9-7-13(21-3)8-10-19/h4-6,12-13H,7-10,17H2,1-3H3,(H,18,20). The van der Waals surface area contributed by atoms with Gasteiger partial charge in [-0.3, -0.25) is 9.69 Å². The van der Waals surface area contributed by atoms with Gasteiger partial charge in [-0.2, -0.15) is 0 Å². The van der Waals surface area contributed by atoms with Gasteiger partial charge in [0.1, 0.15) is 0 Å². The van der Waals surface area contributed by atoms with Crippen molar-refractivity contribution in [1.29, 1.82) is 0 Å². The van der Waals surface area contributed by atoms with E-state index in [0.717, 1.165) is 37.2 Å². The number of amides is 1. The van der Waals surface area contributed by atoms with Crippen molar-refractivity contribution < 1.29 is 9.53 Å². The number of likely N-dealkylation sites (tertiary alicyclic amines) is 1. The number of anilines is 2. The van der Waals surface area contributed by atoms with Crippen LogP contribution in [0, 0.1) is 6.92 Å². The van der Waals surface area contributed by atoms with Crippen molar-refractivity contribution in [2.75, 3.05) is 31.2 Å². The number of carbonyl (C=O) groups is 1. The van der Waals surface area contributed by atoms with E-state index in [1.54, 1.807) is 7.11 Å². The maximum Gasteiger partial charge on any atom is 0.241 e. The fraction of sp³-hybridized carbons (Fsp3) is 0.562. The van der Waals surface area contributed by atoms with E-state index in [4.69, 9.17) is 10.5 Å². The highest BCUT2D eigenvalue weighted by Gasteiger charge is 2.26. The van der Waals surface area contributed by atoms with Gasteiger partial charge in [-0.15, -0.1) is 0 Å². The summed E-state index contributed by atoms with van der Waals surface area (Å²) in [5.74, 6) is 0.0135. The highest BCUT2D eigenvalue weighted by molar-refractivity contribution is 5.95. The van der Waals surface area contributed by atoms with Crippen LogP contribution in [-0.2, 0) is 9.53 Å². The quantitative estimate of drug-likeness (QED) is 0.833. The number of rotatable bonds is 4. The van der Waals surface area contributed by atoms with Crippen molar-refractivity contribution in [3.63, 3.8) is 0 Å². The Labute approximate surface area is 126 Å². The molecule has 1 heterocycles. The third kappa shape index (κ3) is 3.74. The molecule has 1 saturated heterocycles. The molecule has 5 nitrogen and oxygen atoms in total. The van der Waals surface area contributed by atoms with Gasteiger partial charge in [-0.1, -0.05) is 6.07 Å². The zero-order valence-electron chi connectivity index (χ0n) is 13.1. The molecule has 1 fully saturated rings. The van der Waals surface area contributed by atoms with Crippen LogP contribution in [0.3, 0.4) is 0 Å². The second-order valence-electron chi connectivity index (χ2n) is 5.66. The molecule has 1 atom stereocenters. The summed E-state index contributed by atoms with van der Waals surface area (Å²) in [6, 6.07) is 5.42. The van der Waals surface area contributed by atoms with Crippen LogP contribution in [-0.4, -0.2) is 43.2 Å². The number of hydrogen-bond acceptors (Lipinski definition) is 4. The van der Waals surface area contributed by atoms with Crippen molar-refractivity contribution in [2.24, 2.45) is 0 Å². The number of nitrogens with two attached hydrogens (primary N) is 1. The van der Waals surface area contributed by atoms with Crippen LogP contribution in [0.5, 0.6) is 0 Å². The maximum absolute atomic E-state index is 12.4. The fourth-order valence-corrected chi connectivity index (χ4v) is 2.69. The van der Waals surface area contributed by atoms with Crippen LogP contribution in [0.15, 0.2) is 18.2 Å². The van der Waals surface area contributed by atoms with Crippen LogP contribution in [0.25, 0.3) is 0 Å². The molecular weight excluding hydrogens is 266 g/mol. The smallest absolute Gasteiger partial charge is 0.241 e. The van der Waals surface area contributed by atoms with E-state index in [1.165, 1.54) is 0 Å². The summed E-state index contributed by atoms with van der Waals surface area (Å²) in [4.78, 5) is 14.6. The van der Waals surface area contributed by atoms with Gasteiger partial charge < -0.3 is 15.8 Å². The normalized spacial score (nSPS) is 18.4. The SMILES string of the molecule is COC1CCN(C(C)C(=O)Nc2cccc(N)c2C)CC1. The molecule has 116 valence electrons. The molecule has 0 bridgehead atoms. The Morgan fingerprint density at radius 1 is 1.43 bits per heavy atom. The molecule has 0 saturated carbocycles. The number of hydrogen-bond donors (Lipinski definition) is 2. The fourth-order valence-electron chi connectivity index (χ4n) is 2.69. The molecule has 1 aromatic carbocycles. The van der Waals surface area contributed by atoms with Gasteiger partial charge in [0, 0.05) is 31.6 Å². The van der Waals surface area contributed by atoms with Crippen LogP contribution in [0.1, 0.15) is 25.3 Å². The Morgan fingerprint density at radius 2 is 2.10 bits per heavy atom. The molecule has 21 heavy (non-hydrogen) atoms. The first-order valence-electron chi connectivity index (χ1n) is 7.45. The Balaban J connectivity index is 1.95. The van der Waals surface area contributed by atoms with Gasteiger partial charge in [0.2, 0.25) is 5.91 Å². The number of benzene rings is 1. The summed E-state index contributed by atoms with van der Waals surface area (Å²) in [7, 11) is 1.75. The molecule has 1 aliphatic heterocycles. The zero-order valence-corrected chi connectivity index (χ0v) is 13.1. The number of nitrogens with zero attached hydrogens (tertiary/aromatic N) is 1. The average Bonchev–Trinajstić information content (AvgIpc) is 2.51. The number of nitrogen functional groups attached to an aromatic ring is 1. The summed E-state index contributed by atoms with van der Waals surface area (Å²) < 4.78 is 5.36. The van der Waals surface area contributed by atoms with E-state index >= 15 is 0 Å². The molecular formula is C16H25N3O2. The monoisotopic (exact) mass is 291 g/mol. The summed E-state index contributed by atoms with van der Waals surface area (Å²) in [5.41, 5.74) is 8.27. The Kier molecular flexibility index (Phi) is 5.20. The summed E-state index contributed by atoms with van der Waals surface area (Å²) in [6.07, 6.45) is 2.28. The maximum atomic E-state index is 12.4. The molecule has 1 unspecified atom stereocenters. The predicted molar refractivity (Wildman–Crippen MR) is 85.3 cm³/mol. The highest BCUT2D eigenvalue weighted by Crippen LogP contribution is 2.21. The minimum absolute atomic E-state index is 0.0135. The first-order valence-corrected chi connectivity index (χ1v) is 7.45. The number of piperidine rings is 1. The van der Waals surface area contributed by atoms with Gasteiger partial charge in [-0.05, 0) is 44.4 Å². The van der Waals surface area contributed by atoms with Gasteiger partial charge in [0.05, 0.1) is 12.1 Å².